The summed E-state index contributed by atoms with van der Waals surface area (Å²) < 4.78 is 56.0. The monoisotopic (exact) mass is 382 g/mol. The van der Waals surface area contributed by atoms with Crippen LogP contribution in [0, 0.1) is 11.6 Å². The van der Waals surface area contributed by atoms with Gasteiger partial charge in [0, 0.05) is 44.2 Å². The number of ether oxygens (including phenoxy) is 1. The SMILES string of the molecule is COc1cc(N2CCN(c3ccc(S(C)(=O)=O)cc3F)CC2)ccc1F. The first-order valence-corrected chi connectivity index (χ1v) is 10.0. The second-order valence-corrected chi connectivity index (χ2v) is 8.19. The first-order valence-electron chi connectivity index (χ1n) is 8.12. The van der Waals surface area contributed by atoms with E-state index in [0.29, 0.717) is 31.9 Å². The number of hydrogen-bond acceptors (Lipinski definition) is 5. The van der Waals surface area contributed by atoms with Crippen LogP contribution in [-0.2, 0) is 9.84 Å². The van der Waals surface area contributed by atoms with Crippen molar-refractivity contribution in [3.05, 3.63) is 48.0 Å². The van der Waals surface area contributed by atoms with Crippen LogP contribution in [0.2, 0.25) is 0 Å². The van der Waals surface area contributed by atoms with E-state index in [0.717, 1.165) is 18.0 Å². The molecule has 3 rings (SSSR count). The van der Waals surface area contributed by atoms with Gasteiger partial charge in [0.05, 0.1) is 17.7 Å². The number of hydrogen-bond donors (Lipinski definition) is 0. The Hall–Kier alpha value is -2.35. The molecule has 0 saturated carbocycles. The fraction of sp³-hybridized carbons (Fsp3) is 0.333. The molecule has 0 bridgehead atoms. The van der Waals surface area contributed by atoms with Crippen LogP contribution < -0.4 is 14.5 Å². The van der Waals surface area contributed by atoms with Crippen LogP contribution in [0.3, 0.4) is 0 Å². The number of halogens is 2. The normalized spacial score (nSPS) is 15.2. The van der Waals surface area contributed by atoms with Gasteiger partial charge in [0.1, 0.15) is 5.82 Å². The predicted molar refractivity (Wildman–Crippen MR) is 96.9 cm³/mol. The van der Waals surface area contributed by atoms with Gasteiger partial charge in [-0.1, -0.05) is 0 Å². The van der Waals surface area contributed by atoms with Gasteiger partial charge in [-0.05, 0) is 30.3 Å². The zero-order chi connectivity index (χ0) is 18.9. The van der Waals surface area contributed by atoms with Gasteiger partial charge in [-0.3, -0.25) is 0 Å². The second kappa shape index (κ2) is 7.11. The molecule has 1 aliphatic heterocycles. The molecule has 0 unspecified atom stereocenters. The van der Waals surface area contributed by atoms with Crippen molar-refractivity contribution in [1.82, 2.24) is 0 Å². The zero-order valence-electron chi connectivity index (χ0n) is 14.6. The summed E-state index contributed by atoms with van der Waals surface area (Å²) in [5, 5.41) is 0. The molecule has 0 spiro atoms. The zero-order valence-corrected chi connectivity index (χ0v) is 15.4. The largest absolute Gasteiger partial charge is 0.494 e. The standard InChI is InChI=1S/C18H20F2N2O3S/c1-25-18-11-13(3-5-15(18)19)21-7-9-22(10-8-21)17-6-4-14(12-16(17)20)26(2,23)24/h3-6,11-12H,7-10H2,1-2H3. The van der Waals surface area contributed by atoms with Gasteiger partial charge in [0.15, 0.2) is 21.4 Å². The number of benzene rings is 2. The molecule has 1 aliphatic rings. The van der Waals surface area contributed by atoms with Gasteiger partial charge in [0.25, 0.3) is 0 Å². The van der Waals surface area contributed by atoms with Crippen LogP contribution in [0.1, 0.15) is 0 Å². The van der Waals surface area contributed by atoms with Crippen molar-refractivity contribution in [2.24, 2.45) is 0 Å². The topological polar surface area (TPSA) is 49.9 Å². The lowest BCUT2D eigenvalue weighted by Crippen LogP contribution is -2.46. The Morgan fingerprint density at radius 1 is 0.923 bits per heavy atom. The summed E-state index contributed by atoms with van der Waals surface area (Å²) >= 11 is 0. The summed E-state index contributed by atoms with van der Waals surface area (Å²) in [6, 6.07) is 8.68. The third-order valence-electron chi connectivity index (χ3n) is 4.47. The average molecular weight is 382 g/mol. The van der Waals surface area contributed by atoms with E-state index in [1.807, 2.05) is 4.90 Å². The molecular formula is C18H20F2N2O3S. The van der Waals surface area contributed by atoms with E-state index in [1.54, 1.807) is 12.1 Å². The van der Waals surface area contributed by atoms with Gasteiger partial charge in [-0.25, -0.2) is 17.2 Å². The highest BCUT2D eigenvalue weighted by Crippen LogP contribution is 2.28. The van der Waals surface area contributed by atoms with Crippen molar-refractivity contribution in [1.29, 1.82) is 0 Å². The van der Waals surface area contributed by atoms with Crippen molar-refractivity contribution in [3.63, 3.8) is 0 Å². The number of piperazine rings is 1. The minimum absolute atomic E-state index is 0.0317. The summed E-state index contributed by atoms with van der Waals surface area (Å²) in [4.78, 5) is 3.91. The lowest BCUT2D eigenvalue weighted by atomic mass is 10.2. The number of rotatable bonds is 4. The minimum atomic E-state index is -3.44. The summed E-state index contributed by atoms with van der Waals surface area (Å²) in [6.45, 7) is 2.38. The van der Waals surface area contributed by atoms with Crippen molar-refractivity contribution >= 4 is 21.2 Å². The highest BCUT2D eigenvalue weighted by Gasteiger charge is 2.21. The Morgan fingerprint density at radius 3 is 2.15 bits per heavy atom. The Labute approximate surface area is 151 Å². The maximum atomic E-state index is 14.4. The molecule has 1 heterocycles. The van der Waals surface area contributed by atoms with Crippen LogP contribution in [0.15, 0.2) is 41.3 Å². The summed E-state index contributed by atoms with van der Waals surface area (Å²) in [6.07, 6.45) is 1.05. The molecule has 2 aromatic carbocycles. The molecular weight excluding hydrogens is 362 g/mol. The Morgan fingerprint density at radius 2 is 1.58 bits per heavy atom. The molecule has 0 radical (unpaired) electrons. The lowest BCUT2D eigenvalue weighted by Gasteiger charge is -2.37. The molecule has 26 heavy (non-hydrogen) atoms. The van der Waals surface area contributed by atoms with Crippen LogP contribution in [-0.4, -0.2) is 48.0 Å². The molecule has 0 aliphatic carbocycles. The van der Waals surface area contributed by atoms with Crippen molar-refractivity contribution in [2.75, 3.05) is 49.3 Å². The van der Waals surface area contributed by atoms with Gasteiger partial charge in [-0.2, -0.15) is 0 Å². The molecule has 0 N–H and O–H groups in total. The number of anilines is 2. The molecule has 1 fully saturated rings. The van der Waals surface area contributed by atoms with Crippen LogP contribution in [0.25, 0.3) is 0 Å². The Kier molecular flexibility index (Phi) is 5.04. The first kappa shape index (κ1) is 18.4. The molecule has 2 aromatic rings. The van der Waals surface area contributed by atoms with Crippen LogP contribution in [0.5, 0.6) is 5.75 Å². The van der Waals surface area contributed by atoms with E-state index in [-0.39, 0.29) is 10.6 Å². The fourth-order valence-electron chi connectivity index (χ4n) is 3.03. The molecule has 0 amide bonds. The van der Waals surface area contributed by atoms with Gasteiger partial charge in [0.2, 0.25) is 0 Å². The number of methoxy groups -OCH3 is 1. The lowest BCUT2D eigenvalue weighted by molar-refractivity contribution is 0.386. The van der Waals surface area contributed by atoms with E-state index < -0.39 is 21.5 Å². The predicted octanol–water partition coefficient (Wildman–Crippen LogP) is 2.70. The van der Waals surface area contributed by atoms with E-state index in [2.05, 4.69) is 4.90 Å². The van der Waals surface area contributed by atoms with Gasteiger partial charge >= 0.3 is 0 Å². The summed E-state index contributed by atoms with van der Waals surface area (Å²) in [5.41, 5.74) is 1.23. The third-order valence-corrected chi connectivity index (χ3v) is 5.58. The molecule has 0 aromatic heterocycles. The van der Waals surface area contributed by atoms with Crippen molar-refractivity contribution in [2.45, 2.75) is 4.90 Å². The number of sulfone groups is 1. The Balaban J connectivity index is 1.73. The van der Waals surface area contributed by atoms with E-state index >= 15 is 0 Å². The highest BCUT2D eigenvalue weighted by atomic mass is 32.2. The van der Waals surface area contributed by atoms with Gasteiger partial charge < -0.3 is 14.5 Å². The van der Waals surface area contributed by atoms with Crippen LogP contribution >= 0.6 is 0 Å². The van der Waals surface area contributed by atoms with Crippen LogP contribution in [0.4, 0.5) is 20.2 Å². The quantitative estimate of drug-likeness (QED) is 0.814. The smallest absolute Gasteiger partial charge is 0.175 e. The summed E-state index contributed by atoms with van der Waals surface area (Å²) in [7, 11) is -2.02. The third kappa shape index (κ3) is 3.75. The van der Waals surface area contributed by atoms with E-state index in [1.165, 1.54) is 25.3 Å². The number of nitrogens with zero attached hydrogens (tertiary/aromatic N) is 2. The fourth-order valence-corrected chi connectivity index (χ4v) is 3.66. The Bertz CT molecular complexity index is 911. The highest BCUT2D eigenvalue weighted by molar-refractivity contribution is 7.90. The second-order valence-electron chi connectivity index (χ2n) is 6.18. The average Bonchev–Trinajstić information content (AvgIpc) is 2.61. The maximum absolute atomic E-state index is 14.4. The van der Waals surface area contributed by atoms with Crippen molar-refractivity contribution < 1.29 is 21.9 Å². The minimum Gasteiger partial charge on any atom is -0.494 e. The first-order chi connectivity index (χ1) is 12.3. The summed E-state index contributed by atoms with van der Waals surface area (Å²) in [5.74, 6) is -0.778. The van der Waals surface area contributed by atoms with E-state index in [9.17, 15) is 17.2 Å². The molecule has 140 valence electrons. The van der Waals surface area contributed by atoms with E-state index in [4.69, 9.17) is 4.74 Å². The van der Waals surface area contributed by atoms with Crippen molar-refractivity contribution in [3.8, 4) is 5.75 Å². The molecule has 5 nitrogen and oxygen atoms in total. The molecule has 0 atom stereocenters. The maximum Gasteiger partial charge on any atom is 0.175 e. The van der Waals surface area contributed by atoms with Gasteiger partial charge in [-0.15, -0.1) is 0 Å². The molecule has 1 saturated heterocycles. The molecule has 8 heteroatoms.